The molecule has 0 rings (SSSR count). The van der Waals surface area contributed by atoms with E-state index in [9.17, 15) is 28.9 Å². The fraction of sp³-hybridized carbons (Fsp3) is 0.940. The standard InChI is InChI=1S/C50H97O11P/c1-4-7-10-13-16-19-21-22-23-24-26-28-30-33-36-39-48(52)57-43-47(61-50(54)41-38-35-32-29-25-20-17-14-11-8-5-2)45-59-62(55,56)58-44-46(42-51)60-49(53)40-37-34-31-27-18-15-12-9-6-3/h46-47,51H,4-45H2,1-3H3,(H,55,56). The summed E-state index contributed by atoms with van der Waals surface area (Å²) in [6.07, 6.45) is 39.4. The van der Waals surface area contributed by atoms with Gasteiger partial charge in [0.2, 0.25) is 0 Å². The molecule has 3 atom stereocenters. The number of rotatable bonds is 49. The molecule has 62 heavy (non-hydrogen) atoms. The number of phosphoric ester groups is 1. The summed E-state index contributed by atoms with van der Waals surface area (Å²) >= 11 is 0. The zero-order valence-corrected chi connectivity index (χ0v) is 41.3. The molecule has 0 aromatic heterocycles. The lowest BCUT2D eigenvalue weighted by Crippen LogP contribution is -2.30. The lowest BCUT2D eigenvalue weighted by Gasteiger charge is -2.21. The maximum absolute atomic E-state index is 12.8. The van der Waals surface area contributed by atoms with Gasteiger partial charge in [-0.15, -0.1) is 0 Å². The zero-order valence-electron chi connectivity index (χ0n) is 40.4. The van der Waals surface area contributed by atoms with Crippen molar-refractivity contribution in [2.75, 3.05) is 26.4 Å². The number of phosphoric acid groups is 1. The maximum atomic E-state index is 12.8. The molecule has 11 nitrogen and oxygen atoms in total. The first-order chi connectivity index (χ1) is 30.2. The summed E-state index contributed by atoms with van der Waals surface area (Å²) in [5.74, 6) is -1.44. The highest BCUT2D eigenvalue weighted by molar-refractivity contribution is 7.47. The van der Waals surface area contributed by atoms with Crippen LogP contribution in [0.2, 0.25) is 0 Å². The summed E-state index contributed by atoms with van der Waals surface area (Å²) < 4.78 is 39.3. The number of carbonyl (C=O) groups is 3. The molecule has 0 fully saturated rings. The SMILES string of the molecule is CCCCCCCCCCCCCCCCCC(=O)OCC(COP(=O)(O)OCC(CO)OC(=O)CCCCCCCCCCC)OC(=O)CCCCCCCCCCCCC. The molecule has 0 bridgehead atoms. The van der Waals surface area contributed by atoms with Gasteiger partial charge in [0.25, 0.3) is 0 Å². The number of aliphatic hydroxyl groups excluding tert-OH is 1. The summed E-state index contributed by atoms with van der Waals surface area (Å²) in [5, 5.41) is 9.73. The van der Waals surface area contributed by atoms with Gasteiger partial charge >= 0.3 is 25.7 Å². The first-order valence-electron chi connectivity index (χ1n) is 25.9. The van der Waals surface area contributed by atoms with E-state index in [2.05, 4.69) is 20.8 Å². The molecular formula is C50H97O11P. The Morgan fingerprint density at radius 3 is 0.952 bits per heavy atom. The Kier molecular flexibility index (Phi) is 44.9. The van der Waals surface area contributed by atoms with E-state index in [4.69, 9.17) is 23.3 Å². The van der Waals surface area contributed by atoms with Crippen molar-refractivity contribution in [1.29, 1.82) is 0 Å². The zero-order chi connectivity index (χ0) is 45.6. The molecule has 0 saturated heterocycles. The lowest BCUT2D eigenvalue weighted by atomic mass is 10.0. The number of unbranched alkanes of at least 4 members (excludes halogenated alkanes) is 32. The molecule has 368 valence electrons. The van der Waals surface area contributed by atoms with Crippen molar-refractivity contribution in [2.45, 2.75) is 277 Å². The van der Waals surface area contributed by atoms with E-state index < -0.39 is 57.8 Å². The minimum absolute atomic E-state index is 0.177. The fourth-order valence-corrected chi connectivity index (χ4v) is 8.32. The largest absolute Gasteiger partial charge is 0.472 e. The first kappa shape index (κ1) is 60.5. The Labute approximate surface area is 380 Å². The van der Waals surface area contributed by atoms with Gasteiger partial charge in [-0.05, 0) is 19.3 Å². The van der Waals surface area contributed by atoms with Crippen LogP contribution in [0, 0.1) is 0 Å². The van der Waals surface area contributed by atoms with Crippen molar-refractivity contribution < 1.29 is 52.2 Å². The fourth-order valence-electron chi connectivity index (χ4n) is 7.53. The average Bonchev–Trinajstić information content (AvgIpc) is 3.25. The summed E-state index contributed by atoms with van der Waals surface area (Å²) in [4.78, 5) is 48.1. The summed E-state index contributed by atoms with van der Waals surface area (Å²) in [6, 6.07) is 0. The molecule has 0 aliphatic heterocycles. The molecule has 12 heteroatoms. The van der Waals surface area contributed by atoms with Gasteiger partial charge in [-0.1, -0.05) is 226 Å². The molecule has 0 radical (unpaired) electrons. The van der Waals surface area contributed by atoms with E-state index >= 15 is 0 Å². The van der Waals surface area contributed by atoms with Gasteiger partial charge in [-0.2, -0.15) is 0 Å². The van der Waals surface area contributed by atoms with Gasteiger partial charge in [0, 0.05) is 19.3 Å². The number of hydrogen-bond acceptors (Lipinski definition) is 10. The summed E-state index contributed by atoms with van der Waals surface area (Å²) in [5.41, 5.74) is 0. The Morgan fingerprint density at radius 1 is 0.387 bits per heavy atom. The number of ether oxygens (including phenoxy) is 3. The Morgan fingerprint density at radius 2 is 0.645 bits per heavy atom. The van der Waals surface area contributed by atoms with E-state index in [1.165, 1.54) is 148 Å². The molecule has 0 amide bonds. The van der Waals surface area contributed by atoms with E-state index in [0.29, 0.717) is 19.3 Å². The minimum Gasteiger partial charge on any atom is -0.462 e. The number of hydrogen-bond donors (Lipinski definition) is 2. The summed E-state index contributed by atoms with van der Waals surface area (Å²) in [6.45, 7) is 4.64. The normalized spacial score (nSPS) is 13.4. The predicted octanol–water partition coefficient (Wildman–Crippen LogP) is 14.4. The molecule has 0 spiro atoms. The second-order valence-electron chi connectivity index (χ2n) is 17.7. The van der Waals surface area contributed by atoms with Crippen LogP contribution in [0.1, 0.15) is 265 Å². The van der Waals surface area contributed by atoms with E-state index in [1.54, 1.807) is 0 Å². The van der Waals surface area contributed by atoms with Crippen molar-refractivity contribution >= 4 is 25.7 Å². The van der Waals surface area contributed by atoms with Gasteiger partial charge in [0.1, 0.15) is 12.7 Å². The number of carbonyl (C=O) groups excluding carboxylic acids is 3. The van der Waals surface area contributed by atoms with E-state index in [-0.39, 0.29) is 25.9 Å². The quantitative estimate of drug-likeness (QED) is 0.0259. The van der Waals surface area contributed by atoms with Crippen molar-refractivity contribution in [3.63, 3.8) is 0 Å². The van der Waals surface area contributed by atoms with Gasteiger partial charge in [-0.25, -0.2) is 4.57 Å². The second kappa shape index (κ2) is 46.0. The first-order valence-corrected chi connectivity index (χ1v) is 27.4. The van der Waals surface area contributed by atoms with Gasteiger partial charge in [0.15, 0.2) is 6.10 Å². The highest BCUT2D eigenvalue weighted by atomic mass is 31.2. The van der Waals surface area contributed by atoms with Crippen molar-refractivity contribution in [2.24, 2.45) is 0 Å². The summed E-state index contributed by atoms with van der Waals surface area (Å²) in [7, 11) is -4.72. The minimum atomic E-state index is -4.72. The van der Waals surface area contributed by atoms with Crippen LogP contribution in [0.5, 0.6) is 0 Å². The van der Waals surface area contributed by atoms with Gasteiger partial charge in [0.05, 0.1) is 19.8 Å². The Hall–Kier alpha value is -1.52. The molecular weight excluding hydrogens is 808 g/mol. The highest BCUT2D eigenvalue weighted by Crippen LogP contribution is 2.43. The lowest BCUT2D eigenvalue weighted by molar-refractivity contribution is -0.161. The third kappa shape index (κ3) is 43.7. The molecule has 0 aliphatic rings. The van der Waals surface area contributed by atoms with E-state index in [0.717, 1.165) is 57.8 Å². The van der Waals surface area contributed by atoms with Crippen LogP contribution in [0.3, 0.4) is 0 Å². The van der Waals surface area contributed by atoms with Crippen LogP contribution in [0.4, 0.5) is 0 Å². The number of aliphatic hydroxyl groups is 1. The van der Waals surface area contributed by atoms with Crippen LogP contribution in [0.25, 0.3) is 0 Å². The molecule has 2 N–H and O–H groups in total. The number of esters is 3. The molecule has 3 unspecified atom stereocenters. The molecule has 0 heterocycles. The Balaban J connectivity index is 4.67. The molecule has 0 aliphatic carbocycles. The smallest absolute Gasteiger partial charge is 0.462 e. The van der Waals surface area contributed by atoms with Crippen LogP contribution in [-0.4, -0.2) is 66.5 Å². The maximum Gasteiger partial charge on any atom is 0.472 e. The molecule has 0 saturated carbocycles. The van der Waals surface area contributed by atoms with Gasteiger partial charge < -0.3 is 24.2 Å². The Bertz CT molecular complexity index is 1060. The van der Waals surface area contributed by atoms with Crippen molar-refractivity contribution in [3.05, 3.63) is 0 Å². The third-order valence-electron chi connectivity index (χ3n) is 11.5. The monoisotopic (exact) mass is 905 g/mol. The van der Waals surface area contributed by atoms with Crippen LogP contribution in [-0.2, 0) is 42.2 Å². The molecule has 0 aromatic rings. The highest BCUT2D eigenvalue weighted by Gasteiger charge is 2.28. The second-order valence-corrected chi connectivity index (χ2v) is 19.2. The topological polar surface area (TPSA) is 155 Å². The van der Waals surface area contributed by atoms with Crippen molar-refractivity contribution in [1.82, 2.24) is 0 Å². The predicted molar refractivity (Wildman–Crippen MR) is 252 cm³/mol. The molecule has 0 aromatic carbocycles. The van der Waals surface area contributed by atoms with Crippen molar-refractivity contribution in [3.8, 4) is 0 Å². The van der Waals surface area contributed by atoms with Crippen LogP contribution in [0.15, 0.2) is 0 Å². The average molecular weight is 905 g/mol. The van der Waals surface area contributed by atoms with Crippen LogP contribution < -0.4 is 0 Å². The van der Waals surface area contributed by atoms with E-state index in [1.807, 2.05) is 0 Å². The third-order valence-corrected chi connectivity index (χ3v) is 12.5. The van der Waals surface area contributed by atoms with Crippen LogP contribution >= 0.6 is 7.82 Å². The van der Waals surface area contributed by atoms with Gasteiger partial charge in [-0.3, -0.25) is 23.4 Å².